The SMILES string of the molecule is Cc1cc([C@@H]2[C@@H](c3ccccn3)NC(=S)N2c2ccccc2F)c(C)n1-c1ccc(N(C)C)cc1. The quantitative estimate of drug-likeness (QED) is 0.358. The van der Waals surface area contributed by atoms with Crippen LogP contribution in [0.1, 0.15) is 34.7 Å². The van der Waals surface area contributed by atoms with Gasteiger partial charge in [-0.3, -0.25) is 4.98 Å². The fraction of sp³-hybridized carbons (Fsp3) is 0.214. The molecule has 0 spiro atoms. The van der Waals surface area contributed by atoms with Crippen molar-refractivity contribution < 1.29 is 4.39 Å². The van der Waals surface area contributed by atoms with E-state index < -0.39 is 0 Å². The molecule has 0 unspecified atom stereocenters. The molecule has 0 aliphatic carbocycles. The molecule has 1 fully saturated rings. The van der Waals surface area contributed by atoms with Crippen LogP contribution in [0, 0.1) is 19.7 Å². The van der Waals surface area contributed by atoms with E-state index in [2.05, 4.69) is 63.9 Å². The minimum Gasteiger partial charge on any atom is -0.378 e. The minimum absolute atomic E-state index is 0.228. The molecule has 1 N–H and O–H groups in total. The summed E-state index contributed by atoms with van der Waals surface area (Å²) in [6, 6.07) is 22.8. The van der Waals surface area contributed by atoms with Gasteiger partial charge in [0.15, 0.2) is 5.11 Å². The zero-order valence-corrected chi connectivity index (χ0v) is 21.1. The molecule has 0 radical (unpaired) electrons. The monoisotopic (exact) mass is 485 g/mol. The average Bonchev–Trinajstić information content (AvgIpc) is 3.35. The summed E-state index contributed by atoms with van der Waals surface area (Å²) in [5, 5.41) is 3.91. The summed E-state index contributed by atoms with van der Waals surface area (Å²) in [6.07, 6.45) is 1.78. The summed E-state index contributed by atoms with van der Waals surface area (Å²) in [4.78, 5) is 8.59. The number of halogens is 1. The van der Waals surface area contributed by atoms with Crippen molar-refractivity contribution in [3.63, 3.8) is 0 Å². The molecule has 7 heteroatoms. The first kappa shape index (κ1) is 23.1. The lowest BCUT2D eigenvalue weighted by Crippen LogP contribution is -2.30. The molecule has 0 bridgehead atoms. The zero-order valence-electron chi connectivity index (χ0n) is 20.2. The molecule has 2 aromatic carbocycles. The highest BCUT2D eigenvalue weighted by molar-refractivity contribution is 7.80. The molecule has 2 aromatic heterocycles. The molecule has 5 rings (SSSR count). The smallest absolute Gasteiger partial charge is 0.174 e. The number of aryl methyl sites for hydroxylation is 1. The van der Waals surface area contributed by atoms with Gasteiger partial charge >= 0.3 is 0 Å². The van der Waals surface area contributed by atoms with Gasteiger partial charge in [0.2, 0.25) is 0 Å². The Balaban J connectivity index is 1.66. The first-order valence-corrected chi connectivity index (χ1v) is 12.0. The maximum Gasteiger partial charge on any atom is 0.174 e. The number of para-hydroxylation sites is 1. The maximum absolute atomic E-state index is 15.0. The lowest BCUT2D eigenvalue weighted by Gasteiger charge is -2.28. The second kappa shape index (κ2) is 9.15. The minimum atomic E-state index is -0.309. The fourth-order valence-corrected chi connectivity index (χ4v) is 5.30. The van der Waals surface area contributed by atoms with Crippen LogP contribution in [0.4, 0.5) is 15.8 Å². The van der Waals surface area contributed by atoms with Gasteiger partial charge in [0, 0.05) is 43.1 Å². The molecule has 3 heterocycles. The molecule has 4 aromatic rings. The molecule has 35 heavy (non-hydrogen) atoms. The second-order valence-corrected chi connectivity index (χ2v) is 9.41. The Morgan fingerprint density at radius 2 is 1.69 bits per heavy atom. The third-order valence-corrected chi connectivity index (χ3v) is 6.94. The van der Waals surface area contributed by atoms with Crippen LogP contribution < -0.4 is 15.1 Å². The highest BCUT2D eigenvalue weighted by atomic mass is 32.1. The third-order valence-electron chi connectivity index (χ3n) is 6.62. The van der Waals surface area contributed by atoms with E-state index in [0.717, 1.165) is 34.0 Å². The predicted octanol–water partition coefficient (Wildman–Crippen LogP) is 5.87. The van der Waals surface area contributed by atoms with Crippen LogP contribution in [0.25, 0.3) is 5.69 Å². The summed E-state index contributed by atoms with van der Waals surface area (Å²) in [5.41, 5.74) is 6.79. The molecular weight excluding hydrogens is 457 g/mol. The van der Waals surface area contributed by atoms with Crippen molar-refractivity contribution in [3.05, 3.63) is 107 Å². The Hall–Kier alpha value is -3.71. The number of pyridine rings is 1. The zero-order chi connectivity index (χ0) is 24.7. The molecule has 2 atom stereocenters. The standard InChI is InChI=1S/C28H28FN5S/c1-18-17-22(19(2)33(18)21-14-12-20(13-15-21)32(3)4)27-26(24-10-7-8-16-30-24)31-28(35)34(27)25-11-6-5-9-23(25)29/h5-17,26-27H,1-4H3,(H,31,35)/t26-,27-/m1/s1. The number of benzene rings is 2. The maximum atomic E-state index is 15.0. The molecule has 5 nitrogen and oxygen atoms in total. The molecule has 0 saturated carbocycles. The van der Waals surface area contributed by atoms with Gasteiger partial charge in [-0.1, -0.05) is 18.2 Å². The van der Waals surface area contributed by atoms with E-state index in [4.69, 9.17) is 12.2 Å². The Bertz CT molecular complexity index is 1360. The van der Waals surface area contributed by atoms with E-state index in [9.17, 15) is 0 Å². The normalized spacial score (nSPS) is 17.5. The van der Waals surface area contributed by atoms with Crippen molar-refractivity contribution in [1.29, 1.82) is 0 Å². The van der Waals surface area contributed by atoms with Crippen molar-refractivity contribution in [2.45, 2.75) is 25.9 Å². The van der Waals surface area contributed by atoms with Crippen LogP contribution >= 0.6 is 12.2 Å². The van der Waals surface area contributed by atoms with Crippen LogP contribution in [0.2, 0.25) is 0 Å². The van der Waals surface area contributed by atoms with E-state index in [1.54, 1.807) is 18.3 Å². The van der Waals surface area contributed by atoms with Crippen LogP contribution in [0.3, 0.4) is 0 Å². The average molecular weight is 486 g/mol. The van der Waals surface area contributed by atoms with Gasteiger partial charge in [0.25, 0.3) is 0 Å². The Labute approximate surface area is 210 Å². The van der Waals surface area contributed by atoms with Crippen molar-refractivity contribution in [1.82, 2.24) is 14.9 Å². The van der Waals surface area contributed by atoms with Crippen molar-refractivity contribution in [3.8, 4) is 5.69 Å². The number of aromatic nitrogens is 2. The molecule has 0 amide bonds. The van der Waals surface area contributed by atoms with Crippen molar-refractivity contribution in [2.75, 3.05) is 23.9 Å². The number of rotatable bonds is 5. The highest BCUT2D eigenvalue weighted by Crippen LogP contribution is 2.44. The van der Waals surface area contributed by atoms with E-state index in [0.29, 0.717) is 10.8 Å². The number of nitrogens with one attached hydrogen (secondary N) is 1. The molecule has 178 valence electrons. The molecule has 1 saturated heterocycles. The molecular formula is C28H28FN5S. The van der Waals surface area contributed by atoms with Crippen LogP contribution in [0.15, 0.2) is 79.0 Å². The number of hydrogen-bond donors (Lipinski definition) is 1. The summed E-state index contributed by atoms with van der Waals surface area (Å²) >= 11 is 5.76. The number of nitrogens with zero attached hydrogens (tertiary/aromatic N) is 4. The summed E-state index contributed by atoms with van der Waals surface area (Å²) in [7, 11) is 4.06. The summed E-state index contributed by atoms with van der Waals surface area (Å²) in [6.45, 7) is 4.21. The van der Waals surface area contributed by atoms with Gasteiger partial charge in [-0.25, -0.2) is 4.39 Å². The highest BCUT2D eigenvalue weighted by Gasteiger charge is 2.43. The van der Waals surface area contributed by atoms with Gasteiger partial charge < -0.3 is 19.7 Å². The van der Waals surface area contributed by atoms with Gasteiger partial charge in [0.1, 0.15) is 5.82 Å². The lowest BCUT2D eigenvalue weighted by atomic mass is 9.96. The first-order valence-electron chi connectivity index (χ1n) is 11.6. The first-order chi connectivity index (χ1) is 16.9. The fourth-order valence-electron chi connectivity index (χ4n) is 4.96. The predicted molar refractivity (Wildman–Crippen MR) is 144 cm³/mol. The number of hydrogen-bond acceptors (Lipinski definition) is 3. The molecule has 1 aliphatic rings. The summed E-state index contributed by atoms with van der Waals surface area (Å²) in [5.74, 6) is -0.309. The number of anilines is 2. The largest absolute Gasteiger partial charge is 0.378 e. The number of thiocarbonyl (C=S) groups is 1. The molecule has 1 aliphatic heterocycles. The van der Waals surface area contributed by atoms with E-state index in [-0.39, 0.29) is 17.9 Å². The Morgan fingerprint density at radius 1 is 0.971 bits per heavy atom. The second-order valence-electron chi connectivity index (χ2n) is 9.02. The van der Waals surface area contributed by atoms with E-state index in [1.165, 1.54) is 6.07 Å². The van der Waals surface area contributed by atoms with Crippen molar-refractivity contribution in [2.24, 2.45) is 0 Å². The topological polar surface area (TPSA) is 36.3 Å². The third kappa shape index (κ3) is 4.06. The Morgan fingerprint density at radius 3 is 2.34 bits per heavy atom. The van der Waals surface area contributed by atoms with Crippen LogP contribution in [-0.4, -0.2) is 28.8 Å². The van der Waals surface area contributed by atoms with Gasteiger partial charge in [-0.05, 0) is 86.2 Å². The van der Waals surface area contributed by atoms with Crippen LogP contribution in [-0.2, 0) is 0 Å². The summed E-state index contributed by atoms with van der Waals surface area (Å²) < 4.78 is 17.3. The van der Waals surface area contributed by atoms with E-state index >= 15 is 4.39 Å². The van der Waals surface area contributed by atoms with Crippen molar-refractivity contribution >= 4 is 28.7 Å². The Kier molecular flexibility index (Phi) is 6.03. The van der Waals surface area contributed by atoms with Gasteiger partial charge in [-0.15, -0.1) is 0 Å². The lowest BCUT2D eigenvalue weighted by molar-refractivity contribution is 0.556. The van der Waals surface area contributed by atoms with E-state index in [1.807, 2.05) is 43.3 Å². The van der Waals surface area contributed by atoms with Crippen LogP contribution in [0.5, 0.6) is 0 Å². The van der Waals surface area contributed by atoms with Gasteiger partial charge in [0.05, 0.1) is 23.5 Å². The van der Waals surface area contributed by atoms with Gasteiger partial charge in [-0.2, -0.15) is 0 Å².